The number of fused-ring (bicyclic) bond motifs is 9. The Morgan fingerprint density at radius 3 is 1.44 bits per heavy atom. The fourth-order valence-electron chi connectivity index (χ4n) is 5.44. The van der Waals surface area contributed by atoms with Crippen molar-refractivity contribution >= 4 is 11.4 Å². The zero-order chi connectivity index (χ0) is 22.5. The fraction of sp³-hybridized carbons (Fsp3) is 0.0625. The average Bonchev–Trinajstić information content (AvgIpc) is 2.92. The lowest BCUT2D eigenvalue weighted by Gasteiger charge is -2.33. The SMILES string of the molecule is c1ccc(N2CCOc3cc4c(cc32)-c2ccccc2-c2ccccc2-c2ccccc2-4)cc1. The fourth-order valence-corrected chi connectivity index (χ4v) is 5.44. The molecule has 2 heteroatoms. The second kappa shape index (κ2) is 7.64. The van der Waals surface area contributed by atoms with Crippen molar-refractivity contribution in [1.29, 1.82) is 0 Å². The second-order valence-electron chi connectivity index (χ2n) is 8.84. The minimum absolute atomic E-state index is 0.668. The zero-order valence-corrected chi connectivity index (χ0v) is 18.7. The Bertz CT molecular complexity index is 1540. The van der Waals surface area contributed by atoms with Gasteiger partial charge in [0.05, 0.1) is 12.2 Å². The van der Waals surface area contributed by atoms with E-state index in [0.717, 1.165) is 18.0 Å². The molecule has 5 aromatic carbocycles. The molecule has 0 saturated heterocycles. The highest BCUT2D eigenvalue weighted by atomic mass is 16.5. The smallest absolute Gasteiger partial charge is 0.143 e. The number of para-hydroxylation sites is 1. The highest BCUT2D eigenvalue weighted by molar-refractivity contribution is 6.04. The topological polar surface area (TPSA) is 12.5 Å². The maximum atomic E-state index is 6.24. The molecule has 0 aromatic heterocycles. The molecule has 0 radical (unpaired) electrons. The van der Waals surface area contributed by atoms with Crippen molar-refractivity contribution in [2.45, 2.75) is 0 Å². The highest BCUT2D eigenvalue weighted by Gasteiger charge is 2.26. The highest BCUT2D eigenvalue weighted by Crippen LogP contribution is 2.51. The molecule has 0 fully saturated rings. The first-order valence-corrected chi connectivity index (χ1v) is 11.8. The van der Waals surface area contributed by atoms with E-state index in [9.17, 15) is 0 Å². The summed E-state index contributed by atoms with van der Waals surface area (Å²) in [7, 11) is 0. The number of hydrogen-bond donors (Lipinski definition) is 0. The Morgan fingerprint density at radius 1 is 0.471 bits per heavy atom. The van der Waals surface area contributed by atoms with Crippen molar-refractivity contribution < 1.29 is 4.74 Å². The maximum absolute atomic E-state index is 6.24. The van der Waals surface area contributed by atoms with Gasteiger partial charge >= 0.3 is 0 Å². The van der Waals surface area contributed by atoms with E-state index in [1.165, 1.54) is 50.2 Å². The molecule has 1 aliphatic carbocycles. The first-order valence-electron chi connectivity index (χ1n) is 11.8. The van der Waals surface area contributed by atoms with Crippen molar-refractivity contribution in [3.05, 3.63) is 115 Å². The number of ether oxygens (including phenoxy) is 1. The van der Waals surface area contributed by atoms with Crippen LogP contribution in [0.25, 0.3) is 44.5 Å². The summed E-state index contributed by atoms with van der Waals surface area (Å²) >= 11 is 0. The number of rotatable bonds is 1. The van der Waals surface area contributed by atoms with Gasteiger partial charge in [0.25, 0.3) is 0 Å². The first-order chi connectivity index (χ1) is 16.9. The van der Waals surface area contributed by atoms with Crippen molar-refractivity contribution in [3.63, 3.8) is 0 Å². The number of nitrogens with zero attached hydrogens (tertiary/aromatic N) is 1. The van der Waals surface area contributed by atoms with Crippen LogP contribution in [0.1, 0.15) is 0 Å². The van der Waals surface area contributed by atoms with Gasteiger partial charge in [0.2, 0.25) is 0 Å². The molecule has 5 aromatic rings. The summed E-state index contributed by atoms with van der Waals surface area (Å²) in [5.74, 6) is 0.940. The van der Waals surface area contributed by atoms with Crippen LogP contribution in [0.2, 0.25) is 0 Å². The maximum Gasteiger partial charge on any atom is 0.143 e. The molecular weight excluding hydrogens is 414 g/mol. The van der Waals surface area contributed by atoms with Crippen molar-refractivity contribution in [2.24, 2.45) is 0 Å². The lowest BCUT2D eigenvalue weighted by atomic mass is 9.80. The van der Waals surface area contributed by atoms with E-state index in [2.05, 4.69) is 120 Å². The van der Waals surface area contributed by atoms with Gasteiger partial charge in [0, 0.05) is 5.69 Å². The third-order valence-electron chi connectivity index (χ3n) is 6.97. The predicted molar refractivity (Wildman–Crippen MR) is 141 cm³/mol. The molecule has 0 unspecified atom stereocenters. The average molecular weight is 438 g/mol. The molecule has 0 saturated carbocycles. The van der Waals surface area contributed by atoms with Crippen LogP contribution in [0.15, 0.2) is 115 Å². The van der Waals surface area contributed by atoms with Gasteiger partial charge in [-0.2, -0.15) is 0 Å². The van der Waals surface area contributed by atoms with Crippen molar-refractivity contribution in [1.82, 2.24) is 0 Å². The van der Waals surface area contributed by atoms with Gasteiger partial charge < -0.3 is 9.64 Å². The molecule has 1 heterocycles. The summed E-state index contributed by atoms with van der Waals surface area (Å²) in [6.45, 7) is 1.50. The van der Waals surface area contributed by atoms with Gasteiger partial charge in [-0.3, -0.25) is 0 Å². The van der Waals surface area contributed by atoms with Gasteiger partial charge in [-0.25, -0.2) is 0 Å². The van der Waals surface area contributed by atoms with Crippen LogP contribution in [0.3, 0.4) is 0 Å². The van der Waals surface area contributed by atoms with Crippen LogP contribution in [0.4, 0.5) is 11.4 Å². The first kappa shape index (κ1) is 19.2. The molecule has 0 atom stereocenters. The van der Waals surface area contributed by atoms with E-state index >= 15 is 0 Å². The Labute approximate surface area is 199 Å². The van der Waals surface area contributed by atoms with Gasteiger partial charge in [-0.1, -0.05) is 91.0 Å². The molecule has 34 heavy (non-hydrogen) atoms. The predicted octanol–water partition coefficient (Wildman–Crippen LogP) is 8.20. The molecule has 1 aliphatic heterocycles. The number of anilines is 2. The third-order valence-corrected chi connectivity index (χ3v) is 6.97. The molecule has 2 nitrogen and oxygen atoms in total. The van der Waals surface area contributed by atoms with Gasteiger partial charge in [-0.15, -0.1) is 0 Å². The Balaban J connectivity index is 1.57. The molecular formula is C32H23NO. The van der Waals surface area contributed by atoms with E-state index in [-0.39, 0.29) is 0 Å². The van der Waals surface area contributed by atoms with Crippen LogP contribution in [-0.4, -0.2) is 13.2 Å². The summed E-state index contributed by atoms with van der Waals surface area (Å²) < 4.78 is 6.24. The lowest BCUT2D eigenvalue weighted by molar-refractivity contribution is 0.314. The minimum Gasteiger partial charge on any atom is -0.490 e. The molecule has 2 aliphatic rings. The standard InChI is InChI=1S/C32H23NO/c1-2-10-22(11-3-1)33-18-19-34-32-21-30-28-17-9-7-15-26(28)24-13-5-4-12-23(24)25-14-6-8-16-27(25)29(30)20-31(32)33/h1-17,20-21H,18-19H2. The van der Waals surface area contributed by atoms with Gasteiger partial charge in [-0.05, 0) is 68.8 Å². The Morgan fingerprint density at radius 2 is 0.912 bits per heavy atom. The van der Waals surface area contributed by atoms with E-state index in [1.807, 2.05) is 0 Å². The van der Waals surface area contributed by atoms with E-state index < -0.39 is 0 Å². The van der Waals surface area contributed by atoms with E-state index in [4.69, 9.17) is 4.74 Å². The van der Waals surface area contributed by atoms with Crippen LogP contribution < -0.4 is 9.64 Å². The van der Waals surface area contributed by atoms with Gasteiger partial charge in [0.1, 0.15) is 12.4 Å². The van der Waals surface area contributed by atoms with Crippen LogP contribution in [0.5, 0.6) is 5.75 Å². The van der Waals surface area contributed by atoms with E-state index in [1.54, 1.807) is 0 Å². The number of hydrogen-bond acceptors (Lipinski definition) is 2. The summed E-state index contributed by atoms with van der Waals surface area (Å²) in [5, 5.41) is 0. The monoisotopic (exact) mass is 437 g/mol. The minimum atomic E-state index is 0.668. The normalized spacial score (nSPS) is 13.2. The molecule has 0 amide bonds. The molecule has 7 rings (SSSR count). The summed E-state index contributed by atoms with van der Waals surface area (Å²) in [6.07, 6.45) is 0. The van der Waals surface area contributed by atoms with Crippen molar-refractivity contribution in [3.8, 4) is 50.3 Å². The lowest BCUT2D eigenvalue weighted by Crippen LogP contribution is -2.28. The number of benzene rings is 5. The zero-order valence-electron chi connectivity index (χ0n) is 18.7. The summed E-state index contributed by atoms with van der Waals surface area (Å²) in [4.78, 5) is 2.38. The Kier molecular flexibility index (Phi) is 4.31. The van der Waals surface area contributed by atoms with Gasteiger partial charge in [0.15, 0.2) is 0 Å². The van der Waals surface area contributed by atoms with Crippen LogP contribution in [-0.2, 0) is 0 Å². The quantitative estimate of drug-likeness (QED) is 0.257. The second-order valence-corrected chi connectivity index (χ2v) is 8.84. The molecule has 0 N–H and O–H groups in total. The molecule has 0 bridgehead atoms. The Hall–Kier alpha value is -4.30. The largest absolute Gasteiger partial charge is 0.490 e. The van der Waals surface area contributed by atoms with Crippen LogP contribution >= 0.6 is 0 Å². The van der Waals surface area contributed by atoms with Crippen LogP contribution in [0, 0.1) is 0 Å². The summed E-state index contributed by atoms with van der Waals surface area (Å²) in [5.41, 5.74) is 12.3. The molecule has 0 spiro atoms. The third kappa shape index (κ3) is 2.89. The molecule has 162 valence electrons. The van der Waals surface area contributed by atoms with E-state index in [0.29, 0.717) is 6.61 Å². The summed E-state index contributed by atoms with van der Waals surface area (Å²) in [6, 6.07) is 41.5. The van der Waals surface area contributed by atoms with Crippen molar-refractivity contribution in [2.75, 3.05) is 18.1 Å².